The first kappa shape index (κ1) is 14.4. The topological polar surface area (TPSA) is 53.1 Å². The number of benzene rings is 2. The zero-order valence-corrected chi connectivity index (χ0v) is 12.8. The largest absolute Gasteiger partial charge is 0.497 e. The van der Waals surface area contributed by atoms with Crippen LogP contribution >= 0.6 is 0 Å². The monoisotopic (exact) mass is 293 g/mol. The standard InChI is InChI=1S/C18H19N3O/c1-13-5-3-4-6-17(13)21-18(11-15(12-19)20-21)14-7-9-16(22-2)10-8-14/h3-11H,12,19H2,1-2H3. The fraction of sp³-hybridized carbons (Fsp3) is 0.167. The Morgan fingerprint density at radius 1 is 1.09 bits per heavy atom. The summed E-state index contributed by atoms with van der Waals surface area (Å²) >= 11 is 0. The molecule has 4 heteroatoms. The van der Waals surface area contributed by atoms with E-state index in [0.717, 1.165) is 28.4 Å². The van der Waals surface area contributed by atoms with Crippen LogP contribution in [-0.4, -0.2) is 16.9 Å². The third-order valence-electron chi connectivity index (χ3n) is 3.70. The summed E-state index contributed by atoms with van der Waals surface area (Å²) < 4.78 is 7.18. The Kier molecular flexibility index (Phi) is 3.94. The van der Waals surface area contributed by atoms with Gasteiger partial charge in [-0.2, -0.15) is 5.10 Å². The van der Waals surface area contributed by atoms with Crippen molar-refractivity contribution in [3.63, 3.8) is 0 Å². The molecule has 1 heterocycles. The normalized spacial score (nSPS) is 10.7. The summed E-state index contributed by atoms with van der Waals surface area (Å²) in [4.78, 5) is 0. The van der Waals surface area contributed by atoms with Gasteiger partial charge in [0.2, 0.25) is 0 Å². The molecule has 0 fully saturated rings. The number of rotatable bonds is 4. The van der Waals surface area contributed by atoms with Crippen molar-refractivity contribution in [1.82, 2.24) is 9.78 Å². The van der Waals surface area contributed by atoms with Crippen molar-refractivity contribution in [3.8, 4) is 22.7 Å². The maximum atomic E-state index is 5.78. The van der Waals surface area contributed by atoms with Crippen LogP contribution in [0.1, 0.15) is 11.3 Å². The number of hydrogen-bond donors (Lipinski definition) is 1. The first-order valence-electron chi connectivity index (χ1n) is 7.22. The van der Waals surface area contributed by atoms with Crippen molar-refractivity contribution >= 4 is 0 Å². The molecule has 4 nitrogen and oxygen atoms in total. The number of methoxy groups -OCH3 is 1. The molecule has 2 aromatic carbocycles. The quantitative estimate of drug-likeness (QED) is 0.803. The van der Waals surface area contributed by atoms with E-state index in [9.17, 15) is 0 Å². The lowest BCUT2D eigenvalue weighted by Crippen LogP contribution is -2.03. The third-order valence-corrected chi connectivity index (χ3v) is 3.70. The summed E-state index contributed by atoms with van der Waals surface area (Å²) in [7, 11) is 1.67. The predicted octanol–water partition coefficient (Wildman–Crippen LogP) is 3.32. The van der Waals surface area contributed by atoms with E-state index in [1.54, 1.807) is 7.11 Å². The molecule has 0 radical (unpaired) electrons. The van der Waals surface area contributed by atoms with Gasteiger partial charge in [-0.25, -0.2) is 4.68 Å². The molecule has 1 aromatic heterocycles. The third kappa shape index (κ3) is 2.61. The van der Waals surface area contributed by atoms with E-state index in [1.165, 1.54) is 5.56 Å². The zero-order chi connectivity index (χ0) is 15.5. The Morgan fingerprint density at radius 3 is 2.45 bits per heavy atom. The Bertz CT molecular complexity index is 775. The van der Waals surface area contributed by atoms with Crippen LogP contribution in [0.3, 0.4) is 0 Å². The minimum absolute atomic E-state index is 0.419. The summed E-state index contributed by atoms with van der Waals surface area (Å²) in [5.41, 5.74) is 11.0. The lowest BCUT2D eigenvalue weighted by Gasteiger charge is -2.10. The smallest absolute Gasteiger partial charge is 0.118 e. The Balaban J connectivity index is 2.14. The molecule has 0 unspecified atom stereocenters. The molecule has 22 heavy (non-hydrogen) atoms. The van der Waals surface area contributed by atoms with E-state index >= 15 is 0 Å². The second-order valence-corrected chi connectivity index (χ2v) is 5.15. The van der Waals surface area contributed by atoms with Crippen LogP contribution in [0, 0.1) is 6.92 Å². The number of para-hydroxylation sites is 1. The van der Waals surface area contributed by atoms with Crippen LogP contribution in [-0.2, 0) is 6.54 Å². The van der Waals surface area contributed by atoms with Gasteiger partial charge in [0, 0.05) is 12.1 Å². The van der Waals surface area contributed by atoms with Gasteiger partial charge in [0.25, 0.3) is 0 Å². The van der Waals surface area contributed by atoms with E-state index in [4.69, 9.17) is 10.5 Å². The highest BCUT2D eigenvalue weighted by molar-refractivity contribution is 5.64. The summed E-state index contributed by atoms with van der Waals surface area (Å²) in [6.07, 6.45) is 0. The maximum Gasteiger partial charge on any atom is 0.118 e. The van der Waals surface area contributed by atoms with Crippen LogP contribution in [0.5, 0.6) is 5.75 Å². The second-order valence-electron chi connectivity index (χ2n) is 5.15. The van der Waals surface area contributed by atoms with Gasteiger partial charge in [0.05, 0.1) is 24.2 Å². The molecular formula is C18H19N3O. The molecular weight excluding hydrogens is 274 g/mol. The number of ether oxygens (including phenoxy) is 1. The molecule has 0 bridgehead atoms. The molecule has 0 saturated heterocycles. The zero-order valence-electron chi connectivity index (χ0n) is 12.8. The molecule has 3 aromatic rings. The molecule has 2 N–H and O–H groups in total. The molecule has 0 spiro atoms. The highest BCUT2D eigenvalue weighted by atomic mass is 16.5. The van der Waals surface area contributed by atoms with Crippen molar-refractivity contribution in [1.29, 1.82) is 0 Å². The minimum atomic E-state index is 0.419. The van der Waals surface area contributed by atoms with Crippen LogP contribution in [0.25, 0.3) is 16.9 Å². The van der Waals surface area contributed by atoms with Crippen LogP contribution in [0.4, 0.5) is 0 Å². The van der Waals surface area contributed by atoms with Crippen molar-refractivity contribution < 1.29 is 4.74 Å². The molecule has 0 aliphatic heterocycles. The Morgan fingerprint density at radius 2 is 1.82 bits per heavy atom. The first-order valence-corrected chi connectivity index (χ1v) is 7.22. The van der Waals surface area contributed by atoms with E-state index in [-0.39, 0.29) is 0 Å². The fourth-order valence-electron chi connectivity index (χ4n) is 2.48. The average molecular weight is 293 g/mol. The van der Waals surface area contributed by atoms with E-state index in [2.05, 4.69) is 24.2 Å². The SMILES string of the molecule is COc1ccc(-c2cc(CN)nn2-c2ccccc2C)cc1. The number of aryl methyl sites for hydroxylation is 1. The van der Waals surface area contributed by atoms with E-state index in [0.29, 0.717) is 6.54 Å². The Labute approximate surface area is 130 Å². The molecule has 0 atom stereocenters. The minimum Gasteiger partial charge on any atom is -0.497 e. The van der Waals surface area contributed by atoms with Gasteiger partial charge in [-0.15, -0.1) is 0 Å². The first-order chi connectivity index (χ1) is 10.7. The van der Waals surface area contributed by atoms with Gasteiger partial charge in [-0.3, -0.25) is 0 Å². The van der Waals surface area contributed by atoms with Crippen molar-refractivity contribution in [2.24, 2.45) is 5.73 Å². The predicted molar refractivity (Wildman–Crippen MR) is 88.2 cm³/mol. The van der Waals surface area contributed by atoms with Gasteiger partial charge in [-0.1, -0.05) is 18.2 Å². The Hall–Kier alpha value is -2.59. The summed E-state index contributed by atoms with van der Waals surface area (Å²) in [6, 6.07) is 18.2. The van der Waals surface area contributed by atoms with Crippen LogP contribution < -0.4 is 10.5 Å². The number of aromatic nitrogens is 2. The summed E-state index contributed by atoms with van der Waals surface area (Å²) in [5.74, 6) is 0.838. The molecule has 3 rings (SSSR count). The van der Waals surface area contributed by atoms with Crippen LogP contribution in [0.15, 0.2) is 54.6 Å². The maximum absolute atomic E-state index is 5.78. The number of nitrogens with zero attached hydrogens (tertiary/aromatic N) is 2. The van der Waals surface area contributed by atoms with Crippen LogP contribution in [0.2, 0.25) is 0 Å². The van der Waals surface area contributed by atoms with E-state index in [1.807, 2.05) is 47.1 Å². The number of hydrogen-bond acceptors (Lipinski definition) is 3. The molecule has 0 amide bonds. The van der Waals surface area contributed by atoms with E-state index < -0.39 is 0 Å². The summed E-state index contributed by atoms with van der Waals surface area (Å²) in [6.45, 7) is 2.50. The molecule has 112 valence electrons. The summed E-state index contributed by atoms with van der Waals surface area (Å²) in [5, 5.41) is 4.64. The van der Waals surface area contributed by atoms with Crippen molar-refractivity contribution in [2.45, 2.75) is 13.5 Å². The fourth-order valence-corrected chi connectivity index (χ4v) is 2.48. The molecule has 0 aliphatic carbocycles. The highest BCUT2D eigenvalue weighted by Crippen LogP contribution is 2.27. The van der Waals surface area contributed by atoms with Gasteiger partial charge >= 0.3 is 0 Å². The highest BCUT2D eigenvalue weighted by Gasteiger charge is 2.12. The second kappa shape index (κ2) is 6.03. The van der Waals surface area contributed by atoms with Crippen molar-refractivity contribution in [3.05, 3.63) is 65.9 Å². The molecule has 0 aliphatic rings. The van der Waals surface area contributed by atoms with Crippen molar-refractivity contribution in [2.75, 3.05) is 7.11 Å². The van der Waals surface area contributed by atoms with Gasteiger partial charge in [0.15, 0.2) is 0 Å². The van der Waals surface area contributed by atoms with Gasteiger partial charge in [-0.05, 0) is 48.9 Å². The number of nitrogens with two attached hydrogens (primary N) is 1. The lowest BCUT2D eigenvalue weighted by atomic mass is 10.1. The lowest BCUT2D eigenvalue weighted by molar-refractivity contribution is 0.415. The van der Waals surface area contributed by atoms with Gasteiger partial charge in [0.1, 0.15) is 5.75 Å². The average Bonchev–Trinajstić information content (AvgIpc) is 2.99. The van der Waals surface area contributed by atoms with Gasteiger partial charge < -0.3 is 10.5 Å². The molecule has 0 saturated carbocycles.